The Bertz CT molecular complexity index is 953. The molecule has 8 heteroatoms. The van der Waals surface area contributed by atoms with Crippen LogP contribution in [0.15, 0.2) is 22.6 Å². The highest BCUT2D eigenvalue weighted by Crippen LogP contribution is 2.32. The molecule has 1 saturated carbocycles. The van der Waals surface area contributed by atoms with E-state index in [1.165, 1.54) is 4.31 Å². The first-order chi connectivity index (χ1) is 12.4. The Balaban J connectivity index is 1.52. The molecular formula is C18H22N2O5S. The number of fused-ring (bicyclic) bond motifs is 1. The Morgan fingerprint density at radius 2 is 1.88 bits per heavy atom. The van der Waals surface area contributed by atoms with Crippen LogP contribution in [0.3, 0.4) is 0 Å². The number of carbonyl (C=O) groups excluding carboxylic acids is 1. The maximum absolute atomic E-state index is 12.9. The van der Waals surface area contributed by atoms with Crippen LogP contribution in [0.25, 0.3) is 11.0 Å². The van der Waals surface area contributed by atoms with E-state index in [-0.39, 0.29) is 11.2 Å². The van der Waals surface area contributed by atoms with Crippen LogP contribution in [-0.2, 0) is 10.0 Å². The lowest BCUT2D eigenvalue weighted by Crippen LogP contribution is -2.51. The van der Waals surface area contributed by atoms with Crippen molar-refractivity contribution < 1.29 is 22.4 Å². The third-order valence-corrected chi connectivity index (χ3v) is 7.57. The second kappa shape index (κ2) is 6.28. The van der Waals surface area contributed by atoms with E-state index in [9.17, 15) is 13.2 Å². The summed E-state index contributed by atoms with van der Waals surface area (Å²) in [5, 5.41) is 0.668. The molecule has 0 atom stereocenters. The van der Waals surface area contributed by atoms with Crippen molar-refractivity contribution >= 4 is 26.9 Å². The van der Waals surface area contributed by atoms with E-state index in [0.717, 1.165) is 23.8 Å². The molecule has 140 valence electrons. The van der Waals surface area contributed by atoms with Crippen LogP contribution in [0.2, 0.25) is 0 Å². The fourth-order valence-electron chi connectivity index (χ4n) is 3.40. The van der Waals surface area contributed by atoms with Gasteiger partial charge in [-0.3, -0.25) is 4.79 Å². The summed E-state index contributed by atoms with van der Waals surface area (Å²) < 4.78 is 37.1. The zero-order chi connectivity index (χ0) is 18.5. The van der Waals surface area contributed by atoms with Gasteiger partial charge < -0.3 is 14.1 Å². The zero-order valence-electron chi connectivity index (χ0n) is 14.9. The van der Waals surface area contributed by atoms with Gasteiger partial charge in [0.1, 0.15) is 11.3 Å². The van der Waals surface area contributed by atoms with Crippen molar-refractivity contribution in [3.05, 3.63) is 29.5 Å². The molecule has 1 aliphatic carbocycles. The normalized spacial score (nSPS) is 19.1. The molecule has 2 aromatic rings. The predicted molar refractivity (Wildman–Crippen MR) is 96.9 cm³/mol. The number of hydrogen-bond donors (Lipinski definition) is 0. The van der Waals surface area contributed by atoms with Gasteiger partial charge in [-0.2, -0.15) is 4.31 Å². The molecule has 0 N–H and O–H groups in total. The molecule has 0 radical (unpaired) electrons. The van der Waals surface area contributed by atoms with Crippen molar-refractivity contribution in [3.63, 3.8) is 0 Å². The van der Waals surface area contributed by atoms with Gasteiger partial charge in [0.15, 0.2) is 5.76 Å². The number of aryl methyl sites for hydroxylation is 1. The van der Waals surface area contributed by atoms with Gasteiger partial charge in [0.05, 0.1) is 12.4 Å². The maximum atomic E-state index is 12.9. The van der Waals surface area contributed by atoms with Crippen LogP contribution in [0, 0.1) is 6.92 Å². The molecule has 1 amide bonds. The van der Waals surface area contributed by atoms with Gasteiger partial charge in [-0.05, 0) is 31.9 Å². The molecule has 2 fully saturated rings. The molecule has 26 heavy (non-hydrogen) atoms. The number of nitrogens with zero attached hydrogens (tertiary/aromatic N) is 2. The highest BCUT2D eigenvalue weighted by molar-refractivity contribution is 7.90. The first-order valence-corrected chi connectivity index (χ1v) is 10.3. The molecule has 2 aliphatic rings. The van der Waals surface area contributed by atoms with Gasteiger partial charge in [-0.1, -0.05) is 0 Å². The van der Waals surface area contributed by atoms with Gasteiger partial charge in [-0.15, -0.1) is 0 Å². The van der Waals surface area contributed by atoms with Gasteiger partial charge in [0.25, 0.3) is 5.91 Å². The van der Waals surface area contributed by atoms with Crippen LogP contribution < -0.4 is 4.74 Å². The number of methoxy groups -OCH3 is 1. The number of carbonyl (C=O) groups is 1. The molecule has 0 unspecified atom stereocenters. The quantitative estimate of drug-likeness (QED) is 0.813. The van der Waals surface area contributed by atoms with Gasteiger partial charge >= 0.3 is 0 Å². The second-order valence-corrected chi connectivity index (χ2v) is 9.07. The summed E-state index contributed by atoms with van der Waals surface area (Å²) in [6.45, 7) is 3.31. The standard InChI is InChI=1S/C18H22N2O5S/c1-12-15-6-3-13(24-2)11-16(15)25-17(12)18(21)19-7-9-20(10-8-19)26(22,23)14-4-5-14/h3,6,11,14H,4-5,7-10H2,1-2H3. The average Bonchev–Trinajstić information content (AvgIpc) is 3.46. The van der Waals surface area contributed by atoms with Crippen molar-refractivity contribution in [2.45, 2.75) is 25.0 Å². The summed E-state index contributed by atoms with van der Waals surface area (Å²) in [5.41, 5.74) is 1.40. The smallest absolute Gasteiger partial charge is 0.289 e. The number of ether oxygens (including phenoxy) is 1. The number of hydrogen-bond acceptors (Lipinski definition) is 5. The number of benzene rings is 1. The molecule has 1 aliphatic heterocycles. The van der Waals surface area contributed by atoms with Crippen LogP contribution >= 0.6 is 0 Å². The predicted octanol–water partition coefficient (Wildman–Crippen LogP) is 2.00. The minimum absolute atomic E-state index is 0.193. The number of amides is 1. The topological polar surface area (TPSA) is 80.1 Å². The maximum Gasteiger partial charge on any atom is 0.289 e. The Kier molecular flexibility index (Phi) is 4.19. The lowest BCUT2D eigenvalue weighted by atomic mass is 10.1. The Hall–Kier alpha value is -2.06. The SMILES string of the molecule is COc1ccc2c(C)c(C(=O)N3CCN(S(=O)(=O)C4CC4)CC3)oc2c1. The molecular weight excluding hydrogens is 356 g/mol. The number of piperazine rings is 1. The zero-order valence-corrected chi connectivity index (χ0v) is 15.7. The molecule has 4 rings (SSSR count). The van der Waals surface area contributed by atoms with Gasteiger partial charge in [-0.25, -0.2) is 8.42 Å². The van der Waals surface area contributed by atoms with E-state index < -0.39 is 10.0 Å². The van der Waals surface area contributed by atoms with Crippen molar-refractivity contribution in [1.29, 1.82) is 0 Å². The van der Waals surface area contributed by atoms with Crippen LogP contribution in [0.4, 0.5) is 0 Å². The minimum Gasteiger partial charge on any atom is -0.497 e. The number of sulfonamides is 1. The Morgan fingerprint density at radius 3 is 2.50 bits per heavy atom. The van der Waals surface area contributed by atoms with Crippen molar-refractivity contribution in [1.82, 2.24) is 9.21 Å². The van der Waals surface area contributed by atoms with Crippen LogP contribution in [0.5, 0.6) is 5.75 Å². The van der Waals surface area contributed by atoms with Gasteiger partial charge in [0.2, 0.25) is 10.0 Å². The molecule has 0 bridgehead atoms. The highest BCUT2D eigenvalue weighted by Gasteiger charge is 2.41. The van der Waals surface area contributed by atoms with Gasteiger partial charge in [0, 0.05) is 43.2 Å². The summed E-state index contributed by atoms with van der Waals surface area (Å²) in [4.78, 5) is 14.5. The lowest BCUT2D eigenvalue weighted by molar-refractivity contribution is 0.0667. The minimum atomic E-state index is -3.18. The third kappa shape index (κ3) is 2.87. The van der Waals surface area contributed by atoms with E-state index in [4.69, 9.17) is 9.15 Å². The summed E-state index contributed by atoms with van der Waals surface area (Å²) >= 11 is 0. The monoisotopic (exact) mass is 378 g/mol. The number of furan rings is 1. The highest BCUT2D eigenvalue weighted by atomic mass is 32.2. The van der Waals surface area contributed by atoms with Crippen LogP contribution in [0.1, 0.15) is 29.0 Å². The summed E-state index contributed by atoms with van der Waals surface area (Å²) in [5.74, 6) is 0.789. The lowest BCUT2D eigenvalue weighted by Gasteiger charge is -2.33. The average molecular weight is 378 g/mol. The second-order valence-electron chi connectivity index (χ2n) is 6.85. The Morgan fingerprint density at radius 1 is 1.19 bits per heavy atom. The molecule has 0 spiro atoms. The van der Waals surface area contributed by atoms with Crippen molar-refractivity contribution in [3.8, 4) is 5.75 Å². The first kappa shape index (κ1) is 17.4. The molecule has 7 nitrogen and oxygen atoms in total. The summed E-state index contributed by atoms with van der Waals surface area (Å²) in [7, 11) is -1.60. The van der Waals surface area contributed by atoms with Crippen molar-refractivity contribution in [2.24, 2.45) is 0 Å². The fraction of sp³-hybridized carbons (Fsp3) is 0.500. The van der Waals surface area contributed by atoms with E-state index in [2.05, 4.69) is 0 Å². The summed E-state index contributed by atoms with van der Waals surface area (Å²) in [6.07, 6.45) is 1.51. The molecule has 1 saturated heterocycles. The molecule has 1 aromatic carbocycles. The van der Waals surface area contributed by atoms with Crippen LogP contribution in [-0.4, -0.2) is 62.1 Å². The Labute approximate surface area is 152 Å². The number of rotatable bonds is 4. The van der Waals surface area contributed by atoms with E-state index in [1.807, 2.05) is 19.1 Å². The first-order valence-electron chi connectivity index (χ1n) is 8.77. The largest absolute Gasteiger partial charge is 0.497 e. The third-order valence-electron chi connectivity index (χ3n) is 5.17. The fourth-order valence-corrected chi connectivity index (χ4v) is 5.23. The molecule has 2 heterocycles. The van der Waals surface area contributed by atoms with E-state index in [0.29, 0.717) is 43.3 Å². The van der Waals surface area contributed by atoms with E-state index >= 15 is 0 Å². The summed E-state index contributed by atoms with van der Waals surface area (Å²) in [6, 6.07) is 5.48. The van der Waals surface area contributed by atoms with E-state index in [1.54, 1.807) is 18.1 Å². The van der Waals surface area contributed by atoms with Crippen molar-refractivity contribution in [2.75, 3.05) is 33.3 Å². The molecule has 1 aromatic heterocycles.